The predicted octanol–water partition coefficient (Wildman–Crippen LogP) is 2.60. The molecular weight excluding hydrogens is 410 g/mol. The fraction of sp³-hybridized carbons (Fsp3) is 0.125. The van der Waals surface area contributed by atoms with E-state index in [9.17, 15) is 20.0 Å². The third-order valence-corrected chi connectivity index (χ3v) is 4.07. The van der Waals surface area contributed by atoms with Crippen LogP contribution in [-0.2, 0) is 0 Å². The molecule has 134 valence electrons. The Kier molecular flexibility index (Phi) is 5.03. The lowest BCUT2D eigenvalue weighted by Gasteiger charge is -2.18. The Balaban J connectivity index is 1.74. The van der Waals surface area contributed by atoms with Gasteiger partial charge in [-0.1, -0.05) is 0 Å². The lowest BCUT2D eigenvalue weighted by atomic mass is 10.2. The van der Waals surface area contributed by atoms with Crippen LogP contribution < -0.4 is 14.9 Å². The van der Waals surface area contributed by atoms with Crippen molar-refractivity contribution in [3.05, 3.63) is 56.0 Å². The van der Waals surface area contributed by atoms with E-state index in [1.54, 1.807) is 12.1 Å². The molecule has 2 aromatic carbocycles. The Morgan fingerprint density at radius 2 is 2.00 bits per heavy atom. The first-order valence-electron chi connectivity index (χ1n) is 7.35. The van der Waals surface area contributed by atoms with Gasteiger partial charge in [-0.05, 0) is 34.1 Å². The molecule has 0 aromatic heterocycles. The number of hydrogen-bond acceptors (Lipinski definition) is 7. The zero-order valence-corrected chi connectivity index (χ0v) is 14.7. The summed E-state index contributed by atoms with van der Waals surface area (Å²) < 4.78 is 10.9. The Morgan fingerprint density at radius 1 is 1.27 bits per heavy atom. The molecule has 9 nitrogen and oxygen atoms in total. The van der Waals surface area contributed by atoms with Crippen molar-refractivity contribution in [1.29, 1.82) is 0 Å². The van der Waals surface area contributed by atoms with Crippen molar-refractivity contribution in [2.45, 2.75) is 0 Å². The average molecular weight is 422 g/mol. The van der Waals surface area contributed by atoms with Gasteiger partial charge in [-0.3, -0.25) is 14.9 Å². The number of nitro groups is 1. The minimum atomic E-state index is -0.602. The molecule has 2 N–H and O–H groups in total. The van der Waals surface area contributed by atoms with E-state index >= 15 is 0 Å². The Labute approximate surface area is 155 Å². The highest BCUT2D eigenvalue weighted by molar-refractivity contribution is 9.10. The second-order valence-electron chi connectivity index (χ2n) is 5.18. The van der Waals surface area contributed by atoms with E-state index in [1.807, 2.05) is 0 Å². The fourth-order valence-corrected chi connectivity index (χ4v) is 2.68. The minimum Gasteiger partial charge on any atom is -0.506 e. The zero-order valence-electron chi connectivity index (χ0n) is 13.1. The summed E-state index contributed by atoms with van der Waals surface area (Å²) in [7, 11) is 0. The SMILES string of the molecule is O=C(NN=Cc1cc([N+](=O)[O-])cc(Br)c1O)c1ccc2c(c1)OCCO2. The molecule has 10 heteroatoms. The summed E-state index contributed by atoms with van der Waals surface area (Å²) in [6, 6.07) is 7.01. The number of non-ortho nitro benzene ring substituents is 1. The number of aromatic hydroxyl groups is 1. The third-order valence-electron chi connectivity index (χ3n) is 3.46. The number of nitro benzene ring substituents is 1. The molecule has 3 rings (SSSR count). The summed E-state index contributed by atoms with van der Waals surface area (Å²) in [6.07, 6.45) is 1.11. The molecule has 0 radical (unpaired) electrons. The lowest BCUT2D eigenvalue weighted by Crippen LogP contribution is -2.19. The molecule has 0 spiro atoms. The van der Waals surface area contributed by atoms with Crippen LogP contribution in [-0.4, -0.2) is 35.4 Å². The van der Waals surface area contributed by atoms with E-state index in [1.165, 1.54) is 12.1 Å². The van der Waals surface area contributed by atoms with Gasteiger partial charge in [0.25, 0.3) is 11.6 Å². The van der Waals surface area contributed by atoms with Crippen LogP contribution in [0.15, 0.2) is 39.9 Å². The number of phenolic OH excluding ortho intramolecular Hbond substituents is 1. The number of carbonyl (C=O) groups is 1. The van der Waals surface area contributed by atoms with E-state index in [4.69, 9.17) is 9.47 Å². The van der Waals surface area contributed by atoms with Crippen LogP contribution in [0.3, 0.4) is 0 Å². The predicted molar refractivity (Wildman–Crippen MR) is 95.0 cm³/mol. The summed E-state index contributed by atoms with van der Waals surface area (Å²) in [5.41, 5.74) is 2.44. The summed E-state index contributed by atoms with van der Waals surface area (Å²) in [6.45, 7) is 0.849. The number of fused-ring (bicyclic) bond motifs is 1. The molecule has 0 aliphatic carbocycles. The van der Waals surface area contributed by atoms with Crippen LogP contribution in [0, 0.1) is 10.1 Å². The van der Waals surface area contributed by atoms with Crippen molar-refractivity contribution in [3.63, 3.8) is 0 Å². The number of nitrogens with one attached hydrogen (secondary N) is 1. The van der Waals surface area contributed by atoms with Gasteiger partial charge in [-0.15, -0.1) is 0 Å². The van der Waals surface area contributed by atoms with Crippen molar-refractivity contribution >= 4 is 33.7 Å². The normalized spacial score (nSPS) is 12.8. The molecule has 1 amide bonds. The van der Waals surface area contributed by atoms with Crippen LogP contribution in [0.5, 0.6) is 17.2 Å². The largest absolute Gasteiger partial charge is 0.506 e. The van der Waals surface area contributed by atoms with Crippen molar-refractivity contribution in [1.82, 2.24) is 5.43 Å². The number of hydrogen-bond donors (Lipinski definition) is 2. The van der Waals surface area contributed by atoms with Gasteiger partial charge >= 0.3 is 0 Å². The highest BCUT2D eigenvalue weighted by Crippen LogP contribution is 2.32. The van der Waals surface area contributed by atoms with Gasteiger partial charge in [-0.25, -0.2) is 5.43 Å². The first kappa shape index (κ1) is 17.7. The Bertz CT molecular complexity index is 915. The molecule has 26 heavy (non-hydrogen) atoms. The first-order valence-corrected chi connectivity index (χ1v) is 8.15. The number of benzene rings is 2. The molecule has 0 fully saturated rings. The standard InChI is InChI=1S/C16H12BrN3O6/c17-12-7-11(20(23)24)5-10(15(12)21)8-18-19-16(22)9-1-2-13-14(6-9)26-4-3-25-13/h1-2,5-8,21H,3-4H2,(H,19,22). The van der Waals surface area contributed by atoms with E-state index < -0.39 is 10.8 Å². The van der Waals surface area contributed by atoms with Gasteiger partial charge in [0.15, 0.2) is 11.5 Å². The number of amides is 1. The second-order valence-corrected chi connectivity index (χ2v) is 6.03. The maximum Gasteiger partial charge on any atom is 0.271 e. The number of rotatable bonds is 4. The maximum absolute atomic E-state index is 12.1. The Morgan fingerprint density at radius 3 is 2.73 bits per heavy atom. The van der Waals surface area contributed by atoms with Crippen LogP contribution in [0.1, 0.15) is 15.9 Å². The molecular formula is C16H12BrN3O6. The zero-order chi connectivity index (χ0) is 18.7. The van der Waals surface area contributed by atoms with Crippen molar-refractivity contribution in [2.75, 3.05) is 13.2 Å². The van der Waals surface area contributed by atoms with E-state index in [0.717, 1.165) is 12.3 Å². The average Bonchev–Trinajstić information content (AvgIpc) is 2.64. The highest BCUT2D eigenvalue weighted by atomic mass is 79.9. The number of hydrazone groups is 1. The molecule has 0 saturated carbocycles. The van der Waals surface area contributed by atoms with Gasteiger partial charge < -0.3 is 14.6 Å². The van der Waals surface area contributed by atoms with Gasteiger partial charge in [0.1, 0.15) is 19.0 Å². The molecule has 0 bridgehead atoms. The number of nitrogens with zero attached hydrogens (tertiary/aromatic N) is 2. The Hall–Kier alpha value is -3.14. The number of carbonyl (C=O) groups excluding carboxylic acids is 1. The van der Waals surface area contributed by atoms with Crippen molar-refractivity contribution in [3.8, 4) is 17.2 Å². The van der Waals surface area contributed by atoms with Gasteiger partial charge in [-0.2, -0.15) is 5.10 Å². The lowest BCUT2D eigenvalue weighted by molar-refractivity contribution is -0.385. The van der Waals surface area contributed by atoms with Gasteiger partial charge in [0, 0.05) is 23.3 Å². The maximum atomic E-state index is 12.1. The minimum absolute atomic E-state index is 0.0774. The van der Waals surface area contributed by atoms with Crippen LogP contribution in [0.25, 0.3) is 0 Å². The van der Waals surface area contributed by atoms with Crippen LogP contribution >= 0.6 is 15.9 Å². The summed E-state index contributed by atoms with van der Waals surface area (Å²) in [5.74, 6) is 0.283. The molecule has 1 aliphatic heterocycles. The van der Waals surface area contributed by atoms with Crippen LogP contribution in [0.2, 0.25) is 0 Å². The van der Waals surface area contributed by atoms with Crippen LogP contribution in [0.4, 0.5) is 5.69 Å². The molecule has 0 unspecified atom stereocenters. The van der Waals surface area contributed by atoms with E-state index in [-0.39, 0.29) is 21.5 Å². The van der Waals surface area contributed by atoms with Crippen molar-refractivity contribution < 1.29 is 24.3 Å². The fourth-order valence-electron chi connectivity index (χ4n) is 2.22. The smallest absolute Gasteiger partial charge is 0.271 e. The topological polar surface area (TPSA) is 123 Å². The quantitative estimate of drug-likeness (QED) is 0.444. The molecule has 1 heterocycles. The van der Waals surface area contributed by atoms with E-state index in [0.29, 0.717) is 30.3 Å². The highest BCUT2D eigenvalue weighted by Gasteiger charge is 2.15. The van der Waals surface area contributed by atoms with Crippen molar-refractivity contribution in [2.24, 2.45) is 5.10 Å². The van der Waals surface area contributed by atoms with Gasteiger partial charge in [0.05, 0.1) is 15.6 Å². The second kappa shape index (κ2) is 7.40. The number of halogens is 1. The third kappa shape index (κ3) is 3.75. The monoisotopic (exact) mass is 421 g/mol. The summed E-state index contributed by atoms with van der Waals surface area (Å²) in [5, 5.41) is 24.5. The molecule has 1 aliphatic rings. The first-order chi connectivity index (χ1) is 12.5. The summed E-state index contributed by atoms with van der Waals surface area (Å²) in [4.78, 5) is 22.4. The molecule has 2 aromatic rings. The van der Waals surface area contributed by atoms with Gasteiger partial charge in [0.2, 0.25) is 0 Å². The number of ether oxygens (including phenoxy) is 2. The number of phenols is 1. The molecule has 0 atom stereocenters. The van der Waals surface area contributed by atoms with E-state index in [2.05, 4.69) is 26.5 Å². The molecule has 0 saturated heterocycles. The summed E-state index contributed by atoms with van der Waals surface area (Å²) >= 11 is 3.03.